The lowest BCUT2D eigenvalue weighted by atomic mass is 10.1. The van der Waals surface area contributed by atoms with Gasteiger partial charge in [0.15, 0.2) is 11.5 Å². The summed E-state index contributed by atoms with van der Waals surface area (Å²) in [6.45, 7) is 0. The predicted octanol–water partition coefficient (Wildman–Crippen LogP) is 3.68. The maximum absolute atomic E-state index is 12.3. The quantitative estimate of drug-likeness (QED) is 0.388. The molecule has 28 heavy (non-hydrogen) atoms. The van der Waals surface area contributed by atoms with E-state index < -0.39 is 5.91 Å². The maximum atomic E-state index is 12.3. The van der Waals surface area contributed by atoms with Gasteiger partial charge in [0.1, 0.15) is 10.9 Å². The van der Waals surface area contributed by atoms with Crippen LogP contribution in [0.25, 0.3) is 10.9 Å². The number of para-hydroxylation sites is 1. The Morgan fingerprint density at radius 3 is 2.43 bits per heavy atom. The fraction of sp³-hybridized carbons (Fsp3) is 0.150. The van der Waals surface area contributed by atoms with Crippen LogP contribution in [0.2, 0.25) is 5.15 Å². The van der Waals surface area contributed by atoms with E-state index >= 15 is 0 Å². The summed E-state index contributed by atoms with van der Waals surface area (Å²) in [6.07, 6.45) is 1.43. The van der Waals surface area contributed by atoms with E-state index in [-0.39, 0.29) is 5.15 Å². The Morgan fingerprint density at radius 1 is 1.04 bits per heavy atom. The van der Waals surface area contributed by atoms with Gasteiger partial charge in [-0.3, -0.25) is 4.79 Å². The number of ether oxygens (including phenoxy) is 3. The number of nitrogens with zero attached hydrogens (tertiary/aromatic N) is 2. The van der Waals surface area contributed by atoms with Crippen molar-refractivity contribution in [1.29, 1.82) is 0 Å². The third-order valence-corrected chi connectivity index (χ3v) is 4.32. The number of halogens is 1. The third kappa shape index (κ3) is 3.99. The number of nitrogens with one attached hydrogen (secondary N) is 1. The van der Waals surface area contributed by atoms with Gasteiger partial charge >= 0.3 is 0 Å². The molecule has 1 aromatic heterocycles. The fourth-order valence-electron chi connectivity index (χ4n) is 2.64. The summed E-state index contributed by atoms with van der Waals surface area (Å²) in [5, 5.41) is 5.01. The highest BCUT2D eigenvalue weighted by molar-refractivity contribution is 6.32. The standard InChI is InChI=1S/C20H18ClN3O4/c1-26-16-7-5-4-6-14(16)20(25)24-22-11-13-8-12-9-17(27-2)18(28-3)10-15(12)23-19(13)21/h4-11H,1-3H3,(H,24,25)/b22-11-. The molecule has 0 radical (unpaired) electrons. The van der Waals surface area contributed by atoms with E-state index in [1.807, 2.05) is 0 Å². The molecule has 7 nitrogen and oxygen atoms in total. The van der Waals surface area contributed by atoms with Crippen molar-refractivity contribution >= 4 is 34.6 Å². The minimum absolute atomic E-state index is 0.245. The van der Waals surface area contributed by atoms with Gasteiger partial charge in [0.2, 0.25) is 0 Å². The Kier molecular flexibility index (Phi) is 5.96. The molecule has 0 fully saturated rings. The molecular weight excluding hydrogens is 382 g/mol. The van der Waals surface area contributed by atoms with E-state index in [9.17, 15) is 4.79 Å². The second-order valence-corrected chi connectivity index (χ2v) is 6.03. The Morgan fingerprint density at radius 2 is 1.71 bits per heavy atom. The Bertz CT molecular complexity index is 1050. The molecule has 0 atom stereocenters. The van der Waals surface area contributed by atoms with Crippen LogP contribution in [0, 0.1) is 0 Å². The molecule has 1 heterocycles. The molecule has 0 aliphatic rings. The van der Waals surface area contributed by atoms with Gasteiger partial charge in [-0.2, -0.15) is 5.10 Å². The average molecular weight is 400 g/mol. The molecule has 1 amide bonds. The number of carbonyl (C=O) groups is 1. The van der Waals surface area contributed by atoms with Crippen molar-refractivity contribution < 1.29 is 19.0 Å². The first-order chi connectivity index (χ1) is 13.6. The first-order valence-corrected chi connectivity index (χ1v) is 8.64. The number of carbonyl (C=O) groups excluding carboxylic acids is 1. The second kappa shape index (κ2) is 8.58. The van der Waals surface area contributed by atoms with Gasteiger partial charge in [0.05, 0.1) is 38.6 Å². The van der Waals surface area contributed by atoms with E-state index in [0.29, 0.717) is 33.9 Å². The van der Waals surface area contributed by atoms with Gasteiger partial charge in [0, 0.05) is 17.0 Å². The molecule has 0 aliphatic heterocycles. The zero-order valence-electron chi connectivity index (χ0n) is 15.5. The van der Waals surface area contributed by atoms with Crippen molar-refractivity contribution in [1.82, 2.24) is 10.4 Å². The summed E-state index contributed by atoms with van der Waals surface area (Å²) < 4.78 is 15.8. The summed E-state index contributed by atoms with van der Waals surface area (Å²) in [7, 11) is 4.61. The maximum Gasteiger partial charge on any atom is 0.275 e. The van der Waals surface area contributed by atoms with E-state index in [1.165, 1.54) is 13.3 Å². The van der Waals surface area contributed by atoms with Crippen molar-refractivity contribution in [3.05, 3.63) is 58.7 Å². The molecule has 1 N–H and O–H groups in total. The van der Waals surface area contributed by atoms with Crippen molar-refractivity contribution in [3.63, 3.8) is 0 Å². The number of hydrogen-bond donors (Lipinski definition) is 1. The first kappa shape index (κ1) is 19.4. The predicted molar refractivity (Wildman–Crippen MR) is 108 cm³/mol. The van der Waals surface area contributed by atoms with Crippen LogP contribution in [0.1, 0.15) is 15.9 Å². The van der Waals surface area contributed by atoms with Crippen LogP contribution < -0.4 is 19.6 Å². The number of aromatic nitrogens is 1. The smallest absolute Gasteiger partial charge is 0.275 e. The van der Waals surface area contributed by atoms with Crippen LogP contribution in [0.15, 0.2) is 47.6 Å². The second-order valence-electron chi connectivity index (χ2n) is 5.67. The lowest BCUT2D eigenvalue weighted by molar-refractivity contribution is 0.0952. The molecule has 0 spiro atoms. The lowest BCUT2D eigenvalue weighted by Gasteiger charge is -2.09. The SMILES string of the molecule is COc1cc2cc(/C=N\NC(=O)c3ccccc3OC)c(Cl)nc2cc1OC. The first-order valence-electron chi connectivity index (χ1n) is 8.26. The summed E-state index contributed by atoms with van der Waals surface area (Å²) in [5.41, 5.74) is 4.03. The number of benzene rings is 2. The van der Waals surface area contributed by atoms with Gasteiger partial charge in [-0.25, -0.2) is 10.4 Å². The van der Waals surface area contributed by atoms with E-state index in [0.717, 1.165) is 5.39 Å². The number of fused-ring (bicyclic) bond motifs is 1. The van der Waals surface area contributed by atoms with Crippen LogP contribution in [0.4, 0.5) is 0 Å². The molecule has 3 rings (SSSR count). The molecule has 0 saturated carbocycles. The molecule has 0 unspecified atom stereocenters. The molecule has 0 aliphatic carbocycles. The van der Waals surface area contributed by atoms with Crippen LogP contribution in [-0.4, -0.2) is 38.4 Å². The average Bonchev–Trinajstić information content (AvgIpc) is 2.72. The minimum Gasteiger partial charge on any atom is -0.496 e. The Hall–Kier alpha value is -3.32. The number of pyridine rings is 1. The molecule has 144 valence electrons. The monoisotopic (exact) mass is 399 g/mol. The summed E-state index contributed by atoms with van der Waals surface area (Å²) in [6, 6.07) is 12.2. The summed E-state index contributed by atoms with van der Waals surface area (Å²) in [4.78, 5) is 16.6. The number of amides is 1. The molecule has 2 aromatic carbocycles. The zero-order chi connectivity index (χ0) is 20.1. The normalized spacial score (nSPS) is 10.9. The molecule has 8 heteroatoms. The third-order valence-electron chi connectivity index (χ3n) is 4.02. The largest absolute Gasteiger partial charge is 0.496 e. The van der Waals surface area contributed by atoms with Crippen molar-refractivity contribution in [2.45, 2.75) is 0 Å². The van der Waals surface area contributed by atoms with Crippen LogP contribution >= 0.6 is 11.6 Å². The van der Waals surface area contributed by atoms with Crippen molar-refractivity contribution in [2.75, 3.05) is 21.3 Å². The molecule has 0 saturated heterocycles. The molecular formula is C20H18ClN3O4. The van der Waals surface area contributed by atoms with Gasteiger partial charge in [-0.1, -0.05) is 23.7 Å². The van der Waals surface area contributed by atoms with Crippen LogP contribution in [0.3, 0.4) is 0 Å². The van der Waals surface area contributed by atoms with Gasteiger partial charge in [-0.05, 0) is 24.3 Å². The van der Waals surface area contributed by atoms with Gasteiger partial charge < -0.3 is 14.2 Å². The summed E-state index contributed by atoms with van der Waals surface area (Å²) >= 11 is 6.25. The minimum atomic E-state index is -0.398. The number of rotatable bonds is 6. The van der Waals surface area contributed by atoms with E-state index in [2.05, 4.69) is 15.5 Å². The molecule has 0 bridgehead atoms. The van der Waals surface area contributed by atoms with Gasteiger partial charge in [0.25, 0.3) is 5.91 Å². The number of methoxy groups -OCH3 is 3. The van der Waals surface area contributed by atoms with Crippen LogP contribution in [0.5, 0.6) is 17.2 Å². The Labute approximate surface area is 166 Å². The van der Waals surface area contributed by atoms with Gasteiger partial charge in [-0.15, -0.1) is 0 Å². The Balaban J connectivity index is 1.85. The van der Waals surface area contributed by atoms with E-state index in [1.54, 1.807) is 56.7 Å². The highest BCUT2D eigenvalue weighted by Gasteiger charge is 2.11. The van der Waals surface area contributed by atoms with E-state index in [4.69, 9.17) is 25.8 Å². The van der Waals surface area contributed by atoms with Crippen molar-refractivity contribution in [2.24, 2.45) is 5.10 Å². The lowest BCUT2D eigenvalue weighted by Crippen LogP contribution is -2.18. The molecule has 3 aromatic rings. The van der Waals surface area contributed by atoms with Crippen LogP contribution in [-0.2, 0) is 0 Å². The fourth-order valence-corrected chi connectivity index (χ4v) is 2.83. The topological polar surface area (TPSA) is 82.0 Å². The van der Waals surface area contributed by atoms with Crippen molar-refractivity contribution in [3.8, 4) is 17.2 Å². The zero-order valence-corrected chi connectivity index (χ0v) is 16.3. The highest BCUT2D eigenvalue weighted by atomic mass is 35.5. The summed E-state index contributed by atoms with van der Waals surface area (Å²) in [5.74, 6) is 1.20. The number of hydrogen-bond acceptors (Lipinski definition) is 6. The highest BCUT2D eigenvalue weighted by Crippen LogP contribution is 2.32. The number of hydrazone groups is 1.